The molecule has 0 saturated heterocycles. The van der Waals surface area contributed by atoms with Crippen LogP contribution in [-0.2, 0) is 14.3 Å². The van der Waals surface area contributed by atoms with E-state index in [0.29, 0.717) is 6.42 Å². The van der Waals surface area contributed by atoms with Gasteiger partial charge in [0, 0.05) is 12.5 Å². The Labute approximate surface area is 206 Å². The molecule has 1 fully saturated rings. The second-order valence-electron chi connectivity index (χ2n) is 10.6. The highest BCUT2D eigenvalue weighted by Crippen LogP contribution is 2.44. The van der Waals surface area contributed by atoms with Crippen molar-refractivity contribution in [1.29, 1.82) is 0 Å². The van der Waals surface area contributed by atoms with Gasteiger partial charge in [0.05, 0.1) is 5.92 Å². The molecule has 3 atom stereocenters. The van der Waals surface area contributed by atoms with Gasteiger partial charge in [0.25, 0.3) is 0 Å². The molecule has 0 radical (unpaired) electrons. The van der Waals surface area contributed by atoms with E-state index in [1.54, 1.807) is 0 Å². The highest BCUT2D eigenvalue weighted by atomic mass is 16.5. The molecule has 0 unspecified atom stereocenters. The number of carbonyl (C=O) groups excluding carboxylic acids is 2. The van der Waals surface area contributed by atoms with Crippen LogP contribution in [0.4, 0.5) is 4.79 Å². The van der Waals surface area contributed by atoms with Gasteiger partial charge in [0.15, 0.2) is 0 Å². The lowest BCUT2D eigenvalue weighted by Gasteiger charge is -2.30. The minimum Gasteiger partial charge on any atom is -0.481 e. The molecule has 0 aromatic heterocycles. The molecule has 4 rings (SSSR count). The molecule has 2 amide bonds. The van der Waals surface area contributed by atoms with Crippen molar-refractivity contribution >= 4 is 18.0 Å². The summed E-state index contributed by atoms with van der Waals surface area (Å²) in [6.07, 6.45) is 1.61. The predicted molar refractivity (Wildman–Crippen MR) is 133 cm³/mol. The standard InChI is InChI=1S/C28H34N2O5/c1-28(2,3)24(25(31)29-15-17-9-8-14-18(17)26(32)33)30-27(34)35-16-23-21-12-6-4-10-19(21)20-11-5-7-13-22(20)23/h4-7,10-13,17-18,23-24H,8-9,14-16H2,1-3H3,(H,29,31)(H,30,34)(H,32,33)/t17-,18-,24-/m0/s1. The fourth-order valence-corrected chi connectivity index (χ4v) is 5.37. The summed E-state index contributed by atoms with van der Waals surface area (Å²) in [5, 5.41) is 15.0. The van der Waals surface area contributed by atoms with E-state index in [4.69, 9.17) is 4.74 Å². The molecule has 1 saturated carbocycles. The lowest BCUT2D eigenvalue weighted by molar-refractivity contribution is -0.143. The van der Waals surface area contributed by atoms with Gasteiger partial charge in [0.1, 0.15) is 12.6 Å². The van der Waals surface area contributed by atoms with Crippen molar-refractivity contribution in [2.24, 2.45) is 17.3 Å². The normalized spacial score (nSPS) is 20.0. The molecule has 2 aromatic rings. The largest absolute Gasteiger partial charge is 0.481 e. The van der Waals surface area contributed by atoms with Crippen LogP contribution in [0, 0.1) is 17.3 Å². The first kappa shape index (κ1) is 24.8. The van der Waals surface area contributed by atoms with Gasteiger partial charge in [0.2, 0.25) is 5.91 Å². The number of carbonyl (C=O) groups is 3. The third-order valence-corrected chi connectivity index (χ3v) is 7.25. The summed E-state index contributed by atoms with van der Waals surface area (Å²) in [6.45, 7) is 6.07. The minimum atomic E-state index is -0.817. The Bertz CT molecular complexity index is 1060. The van der Waals surface area contributed by atoms with E-state index in [0.717, 1.165) is 35.1 Å². The number of aliphatic carboxylic acids is 1. The summed E-state index contributed by atoms with van der Waals surface area (Å²) in [5.41, 5.74) is 3.98. The lowest BCUT2D eigenvalue weighted by Crippen LogP contribution is -2.54. The average molecular weight is 479 g/mol. The van der Waals surface area contributed by atoms with E-state index >= 15 is 0 Å². The average Bonchev–Trinajstić information content (AvgIpc) is 3.42. The van der Waals surface area contributed by atoms with Gasteiger partial charge in [-0.3, -0.25) is 9.59 Å². The number of amides is 2. The highest BCUT2D eigenvalue weighted by Gasteiger charge is 2.37. The minimum absolute atomic E-state index is 0.0645. The van der Waals surface area contributed by atoms with E-state index in [-0.39, 0.29) is 30.9 Å². The number of carboxylic acids is 1. The van der Waals surface area contributed by atoms with Crippen LogP contribution in [0.3, 0.4) is 0 Å². The highest BCUT2D eigenvalue weighted by molar-refractivity contribution is 5.86. The van der Waals surface area contributed by atoms with Crippen LogP contribution in [0.1, 0.15) is 57.1 Å². The van der Waals surface area contributed by atoms with Crippen molar-refractivity contribution in [2.75, 3.05) is 13.2 Å². The van der Waals surface area contributed by atoms with Gasteiger partial charge < -0.3 is 20.5 Å². The number of hydrogen-bond acceptors (Lipinski definition) is 4. The molecule has 0 aliphatic heterocycles. The van der Waals surface area contributed by atoms with Crippen molar-refractivity contribution in [3.63, 3.8) is 0 Å². The fraction of sp³-hybridized carbons (Fsp3) is 0.464. The van der Waals surface area contributed by atoms with E-state index < -0.39 is 29.4 Å². The number of hydrogen-bond donors (Lipinski definition) is 3. The van der Waals surface area contributed by atoms with Crippen molar-refractivity contribution in [1.82, 2.24) is 10.6 Å². The number of rotatable bonds is 7. The monoisotopic (exact) mass is 478 g/mol. The summed E-state index contributed by atoms with van der Waals surface area (Å²) < 4.78 is 5.63. The second-order valence-corrected chi connectivity index (χ2v) is 10.6. The number of nitrogens with one attached hydrogen (secondary N) is 2. The van der Waals surface area contributed by atoms with Crippen LogP contribution < -0.4 is 10.6 Å². The third-order valence-electron chi connectivity index (χ3n) is 7.25. The van der Waals surface area contributed by atoms with Crippen LogP contribution >= 0.6 is 0 Å². The number of carboxylic acid groups (broad SMARTS) is 1. The Kier molecular flexibility index (Phi) is 7.15. The van der Waals surface area contributed by atoms with Gasteiger partial charge >= 0.3 is 12.1 Å². The first-order valence-corrected chi connectivity index (χ1v) is 12.3. The van der Waals surface area contributed by atoms with Gasteiger partial charge in [-0.25, -0.2) is 4.79 Å². The van der Waals surface area contributed by atoms with Crippen LogP contribution in [0.15, 0.2) is 48.5 Å². The van der Waals surface area contributed by atoms with Crippen molar-refractivity contribution < 1.29 is 24.2 Å². The summed E-state index contributed by atoms with van der Waals surface area (Å²) in [6, 6.07) is 15.4. The second kappa shape index (κ2) is 10.1. The first-order valence-electron chi connectivity index (χ1n) is 12.3. The van der Waals surface area contributed by atoms with Crippen LogP contribution in [-0.4, -0.2) is 42.3 Å². The SMILES string of the molecule is CC(C)(C)[C@@H](NC(=O)OCC1c2ccccc2-c2ccccc21)C(=O)NC[C@@H]1CCC[C@@H]1C(=O)O. The maximum atomic E-state index is 13.0. The van der Waals surface area contributed by atoms with Crippen LogP contribution in [0.25, 0.3) is 11.1 Å². The van der Waals surface area contributed by atoms with E-state index in [1.807, 2.05) is 45.0 Å². The Hall–Kier alpha value is -3.35. The van der Waals surface area contributed by atoms with E-state index in [9.17, 15) is 19.5 Å². The van der Waals surface area contributed by atoms with Gasteiger partial charge in [-0.05, 0) is 46.4 Å². The Balaban J connectivity index is 1.38. The number of benzene rings is 2. The summed E-state index contributed by atoms with van der Waals surface area (Å²) in [4.78, 5) is 37.3. The molecule has 0 spiro atoms. The Morgan fingerprint density at radius 1 is 1.00 bits per heavy atom. The van der Waals surface area contributed by atoms with Gasteiger partial charge in [-0.1, -0.05) is 75.7 Å². The molecule has 35 heavy (non-hydrogen) atoms. The van der Waals surface area contributed by atoms with E-state index in [1.165, 1.54) is 0 Å². The quantitative estimate of drug-likeness (QED) is 0.541. The number of fused-ring (bicyclic) bond motifs is 3. The Morgan fingerprint density at radius 3 is 2.17 bits per heavy atom. The maximum Gasteiger partial charge on any atom is 0.407 e. The summed E-state index contributed by atoms with van der Waals surface area (Å²) >= 11 is 0. The molecular formula is C28H34N2O5. The Morgan fingerprint density at radius 2 is 1.60 bits per heavy atom. The predicted octanol–water partition coefficient (Wildman–Crippen LogP) is 4.56. The molecular weight excluding hydrogens is 444 g/mol. The van der Waals surface area contributed by atoms with Gasteiger partial charge in [-0.15, -0.1) is 0 Å². The molecule has 2 aromatic carbocycles. The number of ether oxygens (including phenoxy) is 1. The topological polar surface area (TPSA) is 105 Å². The maximum absolute atomic E-state index is 13.0. The molecule has 2 aliphatic rings. The summed E-state index contributed by atoms with van der Waals surface area (Å²) in [5.74, 6) is -1.73. The van der Waals surface area contributed by atoms with Crippen LogP contribution in [0.2, 0.25) is 0 Å². The molecule has 7 nitrogen and oxygen atoms in total. The zero-order valence-electron chi connectivity index (χ0n) is 20.5. The lowest BCUT2D eigenvalue weighted by atomic mass is 9.86. The number of alkyl carbamates (subject to hydrolysis) is 1. The van der Waals surface area contributed by atoms with Crippen molar-refractivity contribution in [3.05, 3.63) is 59.7 Å². The molecule has 7 heteroatoms. The smallest absolute Gasteiger partial charge is 0.407 e. The first-order chi connectivity index (χ1) is 16.7. The van der Waals surface area contributed by atoms with Gasteiger partial charge in [-0.2, -0.15) is 0 Å². The third kappa shape index (κ3) is 5.34. The zero-order chi connectivity index (χ0) is 25.2. The van der Waals surface area contributed by atoms with Crippen molar-refractivity contribution in [2.45, 2.75) is 52.0 Å². The molecule has 2 aliphatic carbocycles. The molecule has 0 bridgehead atoms. The molecule has 0 heterocycles. The summed E-state index contributed by atoms with van der Waals surface area (Å²) in [7, 11) is 0. The molecule has 186 valence electrons. The molecule has 3 N–H and O–H groups in total. The van der Waals surface area contributed by atoms with Crippen LogP contribution in [0.5, 0.6) is 0 Å². The zero-order valence-corrected chi connectivity index (χ0v) is 20.5. The fourth-order valence-electron chi connectivity index (χ4n) is 5.37. The van der Waals surface area contributed by atoms with E-state index in [2.05, 4.69) is 34.9 Å². The van der Waals surface area contributed by atoms with Crippen molar-refractivity contribution in [3.8, 4) is 11.1 Å².